The van der Waals surface area contributed by atoms with Crippen molar-refractivity contribution in [3.8, 4) is 0 Å². The minimum absolute atomic E-state index is 0.0123. The van der Waals surface area contributed by atoms with Crippen LogP contribution in [0.3, 0.4) is 0 Å². The number of carbonyl (C=O) groups is 1. The van der Waals surface area contributed by atoms with Gasteiger partial charge in [0.05, 0.1) is 11.1 Å². The van der Waals surface area contributed by atoms with E-state index in [4.69, 9.17) is 11.6 Å². The molecule has 1 aromatic heterocycles. The number of carbonyl (C=O) groups excluding carboxylic acids is 1. The number of alkyl halides is 3. The summed E-state index contributed by atoms with van der Waals surface area (Å²) < 4.78 is 52.0. The summed E-state index contributed by atoms with van der Waals surface area (Å²) in [6.07, 6.45) is -2.18. The first-order chi connectivity index (χ1) is 14.1. The third-order valence-corrected chi connectivity index (χ3v) is 5.16. The van der Waals surface area contributed by atoms with Gasteiger partial charge in [0.1, 0.15) is 17.3 Å². The van der Waals surface area contributed by atoms with Gasteiger partial charge in [-0.05, 0) is 49.8 Å². The van der Waals surface area contributed by atoms with Gasteiger partial charge in [-0.3, -0.25) is 9.89 Å². The standard InChI is InChI=1S/C19H19ClF4N4O2/c20-13-6-3-11(8-14(13)21)18(30)26-16(7-10-1-4-12(29)5-2-10)25-17-9-15(27-28-17)19(22,23)24/h3,6,8-10,12,29H,1-2,4-5,7H2,(H2,25,26,27,28,30). The average Bonchev–Trinajstić information content (AvgIpc) is 3.14. The summed E-state index contributed by atoms with van der Waals surface area (Å²) in [6, 6.07) is 4.25. The zero-order valence-electron chi connectivity index (χ0n) is 15.6. The number of hydrogen-bond donors (Lipinski definition) is 3. The lowest BCUT2D eigenvalue weighted by Crippen LogP contribution is -2.33. The van der Waals surface area contributed by atoms with Crippen molar-refractivity contribution in [1.82, 2.24) is 15.5 Å². The molecule has 0 atom stereocenters. The number of aliphatic imine (C=N–C) groups is 1. The van der Waals surface area contributed by atoms with Crippen LogP contribution in [0.1, 0.15) is 48.2 Å². The highest BCUT2D eigenvalue weighted by Gasteiger charge is 2.33. The first kappa shape index (κ1) is 22.2. The van der Waals surface area contributed by atoms with Gasteiger partial charge in [-0.2, -0.15) is 18.3 Å². The van der Waals surface area contributed by atoms with E-state index >= 15 is 0 Å². The summed E-state index contributed by atoms with van der Waals surface area (Å²) in [5.74, 6) is -1.50. The molecule has 0 bridgehead atoms. The number of aliphatic hydroxyl groups is 1. The Labute approximate surface area is 174 Å². The van der Waals surface area contributed by atoms with E-state index in [0.29, 0.717) is 25.7 Å². The predicted octanol–water partition coefficient (Wildman–Crippen LogP) is 4.62. The van der Waals surface area contributed by atoms with Crippen molar-refractivity contribution in [3.05, 3.63) is 46.4 Å². The van der Waals surface area contributed by atoms with Crippen LogP contribution in [0.2, 0.25) is 5.02 Å². The van der Waals surface area contributed by atoms with Gasteiger partial charge in [-0.25, -0.2) is 9.38 Å². The van der Waals surface area contributed by atoms with Crippen LogP contribution >= 0.6 is 11.6 Å². The molecule has 1 fully saturated rings. The molecule has 0 aliphatic heterocycles. The fourth-order valence-electron chi connectivity index (χ4n) is 3.24. The molecular formula is C19H19ClF4N4O2. The number of benzene rings is 1. The molecule has 1 amide bonds. The van der Waals surface area contributed by atoms with Crippen LogP contribution in [0.25, 0.3) is 0 Å². The van der Waals surface area contributed by atoms with Crippen LogP contribution in [-0.2, 0) is 6.18 Å². The predicted molar refractivity (Wildman–Crippen MR) is 102 cm³/mol. The maximum Gasteiger partial charge on any atom is 0.432 e. The quantitative estimate of drug-likeness (QED) is 0.363. The van der Waals surface area contributed by atoms with E-state index in [2.05, 4.69) is 15.4 Å². The molecular weight excluding hydrogens is 428 g/mol. The van der Waals surface area contributed by atoms with E-state index < -0.39 is 23.6 Å². The van der Waals surface area contributed by atoms with Crippen LogP contribution in [0, 0.1) is 11.7 Å². The largest absolute Gasteiger partial charge is 0.432 e. The number of amides is 1. The Balaban J connectivity index is 1.82. The third-order valence-electron chi connectivity index (χ3n) is 4.86. The topological polar surface area (TPSA) is 90.4 Å². The number of rotatable bonds is 4. The van der Waals surface area contributed by atoms with Gasteiger partial charge in [-0.15, -0.1) is 0 Å². The fourth-order valence-corrected chi connectivity index (χ4v) is 3.36. The second-order valence-electron chi connectivity index (χ2n) is 7.16. The lowest BCUT2D eigenvalue weighted by Gasteiger charge is -2.25. The zero-order valence-corrected chi connectivity index (χ0v) is 16.4. The first-order valence-electron chi connectivity index (χ1n) is 9.26. The van der Waals surface area contributed by atoms with Gasteiger partial charge in [0.15, 0.2) is 5.82 Å². The molecule has 0 unspecified atom stereocenters. The molecule has 1 saturated carbocycles. The number of amidine groups is 1. The fraction of sp³-hybridized carbons (Fsp3) is 0.421. The highest BCUT2D eigenvalue weighted by Crippen LogP contribution is 2.30. The molecule has 6 nitrogen and oxygen atoms in total. The number of aromatic nitrogens is 2. The van der Waals surface area contributed by atoms with E-state index in [1.165, 1.54) is 12.1 Å². The van der Waals surface area contributed by atoms with Crippen LogP contribution in [-0.4, -0.2) is 33.2 Å². The van der Waals surface area contributed by atoms with E-state index in [1.54, 1.807) is 0 Å². The van der Waals surface area contributed by atoms with Crippen LogP contribution in [0.15, 0.2) is 29.3 Å². The molecule has 0 radical (unpaired) electrons. The summed E-state index contributed by atoms with van der Waals surface area (Å²) in [7, 11) is 0. The number of aliphatic hydroxyl groups excluding tert-OH is 1. The zero-order chi connectivity index (χ0) is 21.9. The summed E-state index contributed by atoms with van der Waals surface area (Å²) in [5.41, 5.74) is -1.07. The van der Waals surface area contributed by atoms with Crippen LogP contribution in [0.4, 0.5) is 23.4 Å². The Morgan fingerprint density at radius 1 is 1.27 bits per heavy atom. The number of H-pyrrole nitrogens is 1. The molecule has 0 saturated heterocycles. The van der Waals surface area contributed by atoms with Gasteiger partial charge in [0.25, 0.3) is 5.91 Å². The lowest BCUT2D eigenvalue weighted by molar-refractivity contribution is -0.141. The van der Waals surface area contributed by atoms with Gasteiger partial charge in [-0.1, -0.05) is 11.6 Å². The Kier molecular flexibility index (Phi) is 6.77. The second-order valence-corrected chi connectivity index (χ2v) is 7.56. The molecule has 11 heteroatoms. The molecule has 3 rings (SSSR count). The number of hydrogen-bond acceptors (Lipinski definition) is 4. The molecule has 1 aliphatic rings. The SMILES string of the molecule is O=C(NC(CC1CCC(O)CC1)=Nc1cc(C(F)(F)F)[nH]n1)c1ccc(Cl)c(F)c1. The van der Waals surface area contributed by atoms with Crippen molar-refractivity contribution in [2.45, 2.75) is 44.4 Å². The average molecular weight is 447 g/mol. The second kappa shape index (κ2) is 9.13. The molecule has 1 aromatic carbocycles. The van der Waals surface area contributed by atoms with Crippen molar-refractivity contribution < 1.29 is 27.5 Å². The van der Waals surface area contributed by atoms with E-state index in [0.717, 1.165) is 12.1 Å². The lowest BCUT2D eigenvalue weighted by atomic mass is 9.85. The minimum atomic E-state index is -4.61. The summed E-state index contributed by atoms with van der Waals surface area (Å²) in [4.78, 5) is 16.6. The highest BCUT2D eigenvalue weighted by molar-refractivity contribution is 6.30. The van der Waals surface area contributed by atoms with E-state index in [9.17, 15) is 27.5 Å². The monoisotopic (exact) mass is 446 g/mol. The van der Waals surface area contributed by atoms with Crippen molar-refractivity contribution >= 4 is 29.2 Å². The summed E-state index contributed by atoms with van der Waals surface area (Å²) in [6.45, 7) is 0. The molecule has 1 aliphatic carbocycles. The maximum absolute atomic E-state index is 13.7. The summed E-state index contributed by atoms with van der Waals surface area (Å²) >= 11 is 5.62. The smallest absolute Gasteiger partial charge is 0.393 e. The Morgan fingerprint density at radius 3 is 2.57 bits per heavy atom. The van der Waals surface area contributed by atoms with Crippen molar-refractivity contribution in [2.75, 3.05) is 0 Å². The molecule has 162 valence electrons. The number of aromatic amines is 1. The van der Waals surface area contributed by atoms with Gasteiger partial charge < -0.3 is 10.4 Å². The maximum atomic E-state index is 13.7. The highest BCUT2D eigenvalue weighted by atomic mass is 35.5. The van der Waals surface area contributed by atoms with Crippen molar-refractivity contribution in [1.29, 1.82) is 0 Å². The molecule has 0 spiro atoms. The van der Waals surface area contributed by atoms with E-state index in [-0.39, 0.29) is 40.7 Å². The summed E-state index contributed by atoms with van der Waals surface area (Å²) in [5, 5.41) is 17.4. The minimum Gasteiger partial charge on any atom is -0.393 e. The number of nitrogens with one attached hydrogen (secondary N) is 2. The molecule has 2 aromatic rings. The normalized spacial score (nSPS) is 20.3. The van der Waals surface area contributed by atoms with E-state index in [1.807, 2.05) is 5.10 Å². The first-order valence-corrected chi connectivity index (χ1v) is 9.64. The van der Waals surface area contributed by atoms with Gasteiger partial charge in [0.2, 0.25) is 0 Å². The third kappa shape index (κ3) is 5.79. The molecule has 3 N–H and O–H groups in total. The number of nitrogens with zero attached hydrogens (tertiary/aromatic N) is 2. The van der Waals surface area contributed by atoms with Crippen molar-refractivity contribution in [2.24, 2.45) is 10.9 Å². The molecule has 1 heterocycles. The van der Waals surface area contributed by atoms with Crippen molar-refractivity contribution in [3.63, 3.8) is 0 Å². The van der Waals surface area contributed by atoms with Gasteiger partial charge in [0, 0.05) is 18.1 Å². The molecule has 30 heavy (non-hydrogen) atoms. The van der Waals surface area contributed by atoms with Crippen LogP contribution in [0.5, 0.6) is 0 Å². The number of halogens is 5. The van der Waals surface area contributed by atoms with Crippen LogP contribution < -0.4 is 5.32 Å². The Hall–Kier alpha value is -2.46. The Morgan fingerprint density at radius 2 is 1.97 bits per heavy atom. The Bertz CT molecular complexity index is 937. The van der Waals surface area contributed by atoms with Gasteiger partial charge >= 0.3 is 6.18 Å².